The molecule has 5 nitrogen and oxygen atoms in total. The fraction of sp³-hybridized carbons (Fsp3) is 0.533. The SMILES string of the molecule is O=C(O)C1CCC(C(=O)NCCc2ccccn2)CC1. The van der Waals surface area contributed by atoms with Crippen molar-refractivity contribution in [2.24, 2.45) is 11.8 Å². The highest BCUT2D eigenvalue weighted by Crippen LogP contribution is 2.28. The summed E-state index contributed by atoms with van der Waals surface area (Å²) in [6.07, 6.45) is 5.02. The zero-order chi connectivity index (χ0) is 14.4. The Bertz CT molecular complexity index is 453. The second kappa shape index (κ2) is 7.03. The Balaban J connectivity index is 1.69. The molecule has 1 amide bonds. The van der Waals surface area contributed by atoms with Gasteiger partial charge in [-0.3, -0.25) is 14.6 Å². The number of carbonyl (C=O) groups excluding carboxylic acids is 1. The van der Waals surface area contributed by atoms with Crippen molar-refractivity contribution in [2.45, 2.75) is 32.1 Å². The molecule has 1 aliphatic carbocycles. The molecule has 108 valence electrons. The smallest absolute Gasteiger partial charge is 0.306 e. The summed E-state index contributed by atoms with van der Waals surface area (Å²) in [5.74, 6) is -0.995. The minimum Gasteiger partial charge on any atom is -0.481 e. The fourth-order valence-corrected chi connectivity index (χ4v) is 2.61. The lowest BCUT2D eigenvalue weighted by molar-refractivity contribution is -0.144. The maximum atomic E-state index is 12.0. The van der Waals surface area contributed by atoms with Crippen LogP contribution in [0.15, 0.2) is 24.4 Å². The first-order valence-electron chi connectivity index (χ1n) is 7.07. The number of carboxylic acid groups (broad SMARTS) is 1. The van der Waals surface area contributed by atoms with Crippen molar-refractivity contribution in [3.05, 3.63) is 30.1 Å². The van der Waals surface area contributed by atoms with Gasteiger partial charge in [0.25, 0.3) is 0 Å². The van der Waals surface area contributed by atoms with Gasteiger partial charge in [0.2, 0.25) is 5.91 Å². The van der Waals surface area contributed by atoms with E-state index in [1.54, 1.807) is 6.20 Å². The van der Waals surface area contributed by atoms with Crippen LogP contribution in [0.5, 0.6) is 0 Å². The van der Waals surface area contributed by atoms with Crippen molar-refractivity contribution in [3.8, 4) is 0 Å². The van der Waals surface area contributed by atoms with E-state index in [4.69, 9.17) is 5.11 Å². The zero-order valence-corrected chi connectivity index (χ0v) is 11.4. The summed E-state index contributed by atoms with van der Waals surface area (Å²) in [4.78, 5) is 27.0. The summed E-state index contributed by atoms with van der Waals surface area (Å²) in [6.45, 7) is 0.578. The molecular formula is C15H20N2O3. The van der Waals surface area contributed by atoms with Crippen LogP contribution < -0.4 is 5.32 Å². The summed E-state index contributed by atoms with van der Waals surface area (Å²) < 4.78 is 0. The molecule has 1 aliphatic rings. The van der Waals surface area contributed by atoms with E-state index in [0.717, 1.165) is 12.1 Å². The number of hydrogen-bond donors (Lipinski definition) is 2. The molecular weight excluding hydrogens is 256 g/mol. The number of amides is 1. The molecule has 2 rings (SSSR count). The predicted molar refractivity (Wildman–Crippen MR) is 74.0 cm³/mol. The van der Waals surface area contributed by atoms with E-state index in [2.05, 4.69) is 10.3 Å². The quantitative estimate of drug-likeness (QED) is 0.856. The summed E-state index contributed by atoms with van der Waals surface area (Å²) in [6, 6.07) is 5.73. The highest BCUT2D eigenvalue weighted by atomic mass is 16.4. The maximum Gasteiger partial charge on any atom is 0.306 e. The number of aliphatic carboxylic acids is 1. The average Bonchev–Trinajstić information content (AvgIpc) is 2.48. The largest absolute Gasteiger partial charge is 0.481 e. The molecule has 2 N–H and O–H groups in total. The number of hydrogen-bond acceptors (Lipinski definition) is 3. The lowest BCUT2D eigenvalue weighted by Crippen LogP contribution is -2.35. The van der Waals surface area contributed by atoms with Crippen molar-refractivity contribution < 1.29 is 14.7 Å². The third-order valence-corrected chi connectivity index (χ3v) is 3.85. The van der Waals surface area contributed by atoms with Crippen LogP contribution in [0, 0.1) is 11.8 Å². The normalized spacial score (nSPS) is 22.2. The second-order valence-electron chi connectivity index (χ2n) is 5.25. The molecule has 1 aromatic rings. The Morgan fingerprint density at radius 2 is 1.90 bits per heavy atom. The highest BCUT2D eigenvalue weighted by Gasteiger charge is 2.29. The van der Waals surface area contributed by atoms with Crippen LogP contribution >= 0.6 is 0 Å². The Kier molecular flexibility index (Phi) is 5.09. The predicted octanol–water partition coefficient (Wildman–Crippen LogP) is 1.63. The maximum absolute atomic E-state index is 12.0. The van der Waals surface area contributed by atoms with Gasteiger partial charge in [-0.05, 0) is 37.8 Å². The van der Waals surface area contributed by atoms with Gasteiger partial charge in [-0.15, -0.1) is 0 Å². The van der Waals surface area contributed by atoms with Crippen molar-refractivity contribution in [1.82, 2.24) is 10.3 Å². The standard InChI is InChI=1S/C15H20N2O3/c18-14(11-4-6-12(7-5-11)15(19)20)17-10-8-13-3-1-2-9-16-13/h1-3,9,11-12H,4-8,10H2,(H,17,18)(H,19,20). The van der Waals surface area contributed by atoms with Crippen LogP contribution in [-0.2, 0) is 16.0 Å². The molecule has 0 bridgehead atoms. The van der Waals surface area contributed by atoms with Gasteiger partial charge in [0.1, 0.15) is 0 Å². The van der Waals surface area contributed by atoms with Crippen molar-refractivity contribution in [3.63, 3.8) is 0 Å². The average molecular weight is 276 g/mol. The van der Waals surface area contributed by atoms with Gasteiger partial charge in [-0.1, -0.05) is 6.07 Å². The van der Waals surface area contributed by atoms with Crippen LogP contribution in [0.2, 0.25) is 0 Å². The summed E-state index contributed by atoms with van der Waals surface area (Å²) in [5, 5.41) is 11.8. The first kappa shape index (κ1) is 14.5. The number of rotatable bonds is 5. The number of carbonyl (C=O) groups is 2. The number of nitrogens with one attached hydrogen (secondary N) is 1. The summed E-state index contributed by atoms with van der Waals surface area (Å²) in [7, 11) is 0. The molecule has 5 heteroatoms. The molecule has 0 unspecified atom stereocenters. The highest BCUT2D eigenvalue weighted by molar-refractivity contribution is 5.79. The van der Waals surface area contributed by atoms with Crippen LogP contribution in [0.3, 0.4) is 0 Å². The number of pyridine rings is 1. The van der Waals surface area contributed by atoms with Gasteiger partial charge in [0.15, 0.2) is 0 Å². The lowest BCUT2D eigenvalue weighted by atomic mass is 9.81. The monoisotopic (exact) mass is 276 g/mol. The van der Waals surface area contributed by atoms with Crippen LogP contribution in [0.25, 0.3) is 0 Å². The van der Waals surface area contributed by atoms with Gasteiger partial charge < -0.3 is 10.4 Å². The third-order valence-electron chi connectivity index (χ3n) is 3.85. The lowest BCUT2D eigenvalue weighted by Gasteiger charge is -2.25. The number of nitrogens with zero attached hydrogens (tertiary/aromatic N) is 1. The number of aromatic nitrogens is 1. The topological polar surface area (TPSA) is 79.3 Å². The van der Waals surface area contributed by atoms with Crippen LogP contribution in [0.4, 0.5) is 0 Å². The first-order valence-corrected chi connectivity index (χ1v) is 7.07. The first-order chi connectivity index (χ1) is 9.66. The van der Waals surface area contributed by atoms with E-state index in [9.17, 15) is 9.59 Å². The van der Waals surface area contributed by atoms with Crippen LogP contribution in [0.1, 0.15) is 31.4 Å². The Morgan fingerprint density at radius 3 is 2.50 bits per heavy atom. The molecule has 0 radical (unpaired) electrons. The molecule has 1 saturated carbocycles. The van der Waals surface area contributed by atoms with E-state index in [-0.39, 0.29) is 17.7 Å². The molecule has 0 aromatic carbocycles. The van der Waals surface area contributed by atoms with E-state index >= 15 is 0 Å². The fourth-order valence-electron chi connectivity index (χ4n) is 2.61. The Labute approximate surface area is 118 Å². The summed E-state index contributed by atoms with van der Waals surface area (Å²) in [5.41, 5.74) is 0.961. The van der Waals surface area contributed by atoms with Crippen LogP contribution in [-0.4, -0.2) is 28.5 Å². The minimum atomic E-state index is -0.737. The molecule has 0 atom stereocenters. The van der Waals surface area contributed by atoms with Crippen molar-refractivity contribution >= 4 is 11.9 Å². The molecule has 20 heavy (non-hydrogen) atoms. The number of carboxylic acids is 1. The van der Waals surface area contributed by atoms with Gasteiger partial charge in [0.05, 0.1) is 5.92 Å². The molecule has 0 aliphatic heterocycles. The molecule has 1 heterocycles. The van der Waals surface area contributed by atoms with Crippen molar-refractivity contribution in [1.29, 1.82) is 0 Å². The Hall–Kier alpha value is -1.91. The molecule has 0 saturated heterocycles. The van der Waals surface area contributed by atoms with E-state index in [0.29, 0.717) is 32.2 Å². The summed E-state index contributed by atoms with van der Waals surface area (Å²) >= 11 is 0. The van der Waals surface area contributed by atoms with Gasteiger partial charge in [0, 0.05) is 30.8 Å². The third kappa shape index (κ3) is 4.05. The van der Waals surface area contributed by atoms with E-state index < -0.39 is 5.97 Å². The minimum absolute atomic E-state index is 0.0330. The van der Waals surface area contributed by atoms with Gasteiger partial charge in [-0.2, -0.15) is 0 Å². The molecule has 0 spiro atoms. The van der Waals surface area contributed by atoms with Gasteiger partial charge >= 0.3 is 5.97 Å². The molecule has 1 fully saturated rings. The van der Waals surface area contributed by atoms with E-state index in [1.165, 1.54) is 0 Å². The second-order valence-corrected chi connectivity index (χ2v) is 5.25. The zero-order valence-electron chi connectivity index (χ0n) is 11.4. The Morgan fingerprint density at radius 1 is 1.20 bits per heavy atom. The molecule has 1 aromatic heterocycles. The van der Waals surface area contributed by atoms with Crippen molar-refractivity contribution in [2.75, 3.05) is 6.54 Å². The van der Waals surface area contributed by atoms with E-state index in [1.807, 2.05) is 18.2 Å². The van der Waals surface area contributed by atoms with Gasteiger partial charge in [-0.25, -0.2) is 0 Å².